The van der Waals surface area contributed by atoms with Gasteiger partial charge in [-0.25, -0.2) is 4.79 Å². The van der Waals surface area contributed by atoms with Gasteiger partial charge in [0.15, 0.2) is 6.10 Å². The molecule has 0 aromatic heterocycles. The lowest BCUT2D eigenvalue weighted by Gasteiger charge is -2.38. The Morgan fingerprint density at radius 1 is 1.20 bits per heavy atom. The van der Waals surface area contributed by atoms with E-state index in [2.05, 4.69) is 4.90 Å². The molecule has 3 rings (SSSR count). The maximum atomic E-state index is 13.3. The number of epoxide rings is 1. The van der Waals surface area contributed by atoms with Crippen LogP contribution in [0.4, 0.5) is 4.79 Å². The number of piperazine rings is 1. The summed E-state index contributed by atoms with van der Waals surface area (Å²) >= 11 is 0. The lowest BCUT2D eigenvalue weighted by Crippen LogP contribution is -2.51. The minimum absolute atomic E-state index is 0. The fraction of sp³-hybridized carbons (Fsp3) is 0.757. The first-order valence-corrected chi connectivity index (χ1v) is 17.3. The number of aliphatic hydroxyl groups is 3. The number of ether oxygens (including phenoxy) is 4. The molecule has 0 aromatic carbocycles. The minimum atomic E-state index is -1.31. The van der Waals surface area contributed by atoms with Crippen LogP contribution in [0.5, 0.6) is 0 Å². The molecule has 3 N–H and O–H groups in total. The number of allylic oxidation sites excluding steroid dienone is 2. The largest absolute Gasteiger partial charge is 0.457 e. The van der Waals surface area contributed by atoms with Crippen LogP contribution in [0.1, 0.15) is 88.0 Å². The summed E-state index contributed by atoms with van der Waals surface area (Å²) in [6.07, 6.45) is 5.57. The number of hydrogen-bond donors (Lipinski definition) is 3. The maximum absolute atomic E-state index is 13.3. The molecule has 3 aliphatic heterocycles. The van der Waals surface area contributed by atoms with E-state index in [1.54, 1.807) is 49.1 Å². The Kier molecular flexibility index (Phi) is 16.0. The van der Waals surface area contributed by atoms with Crippen LogP contribution >= 0.6 is 0 Å². The molecule has 49 heavy (non-hydrogen) atoms. The Morgan fingerprint density at radius 2 is 1.86 bits per heavy atom. The standard InChI is InChI=1S/C36H58N2O10.CH4/c1-9-28(41)25(4)33-29(45-33)22-35(6,44)15-10-11-23(2)32-24(3)12-13-30(46-34(43)38-19-17-37(8)18-20-38)36(7,48-26(5)39)16-14-27(40)21-31(42)47-32;/h10-13,15,24-25,27-30,32-33,40-41,44H,9,14,16-22H2,1-8H3;1H4/b13-12+,15-10+,23-11+;/t24-,25+,27+,28-,29+,30-,32+,33+,35-,36+;/m0./s1. The average Bonchev–Trinajstić information content (AvgIpc) is 3.77. The number of hydrogen-bond acceptors (Lipinski definition) is 11. The van der Waals surface area contributed by atoms with Crippen molar-refractivity contribution in [1.29, 1.82) is 0 Å². The molecule has 12 nitrogen and oxygen atoms in total. The van der Waals surface area contributed by atoms with Crippen molar-refractivity contribution in [2.75, 3.05) is 33.2 Å². The molecule has 0 aromatic rings. The number of cyclic esters (lactones) is 1. The molecule has 2 saturated heterocycles. The number of likely N-dealkylation sites (N-methyl/N-ethyl adjacent to an activating group) is 1. The van der Waals surface area contributed by atoms with E-state index in [4.69, 9.17) is 18.9 Å². The molecule has 2 fully saturated rings. The van der Waals surface area contributed by atoms with Gasteiger partial charge < -0.3 is 44.1 Å². The van der Waals surface area contributed by atoms with Gasteiger partial charge in [0.1, 0.15) is 11.7 Å². The zero-order valence-electron chi connectivity index (χ0n) is 30.0. The van der Waals surface area contributed by atoms with E-state index in [1.165, 1.54) is 6.92 Å². The summed E-state index contributed by atoms with van der Waals surface area (Å²) in [6.45, 7) is 14.6. The molecule has 12 heteroatoms. The van der Waals surface area contributed by atoms with Crippen LogP contribution in [0.2, 0.25) is 0 Å². The third-order valence-corrected chi connectivity index (χ3v) is 9.71. The van der Waals surface area contributed by atoms with Gasteiger partial charge in [-0.3, -0.25) is 9.59 Å². The number of aliphatic hydroxyl groups excluding tert-OH is 2. The molecule has 0 bridgehead atoms. The molecule has 3 aliphatic rings. The highest BCUT2D eigenvalue weighted by molar-refractivity contribution is 5.71. The van der Waals surface area contributed by atoms with Crippen LogP contribution in [0.25, 0.3) is 0 Å². The second-order valence-corrected chi connectivity index (χ2v) is 14.4. The molecular weight excluding hydrogens is 632 g/mol. The van der Waals surface area contributed by atoms with Crippen molar-refractivity contribution in [2.45, 2.75) is 136 Å². The molecule has 0 spiro atoms. The van der Waals surface area contributed by atoms with Crippen molar-refractivity contribution in [3.8, 4) is 0 Å². The molecule has 3 heterocycles. The summed E-state index contributed by atoms with van der Waals surface area (Å²) < 4.78 is 23.4. The summed E-state index contributed by atoms with van der Waals surface area (Å²) in [5.74, 6) is -1.57. The van der Waals surface area contributed by atoms with Crippen LogP contribution in [0, 0.1) is 11.8 Å². The zero-order chi connectivity index (χ0) is 35.8. The van der Waals surface area contributed by atoms with E-state index in [0.29, 0.717) is 44.6 Å². The fourth-order valence-corrected chi connectivity index (χ4v) is 6.40. The third kappa shape index (κ3) is 12.8. The van der Waals surface area contributed by atoms with Crippen molar-refractivity contribution in [3.05, 3.63) is 36.0 Å². The summed E-state index contributed by atoms with van der Waals surface area (Å²) in [5.41, 5.74) is -1.79. The van der Waals surface area contributed by atoms with E-state index in [-0.39, 0.29) is 44.8 Å². The third-order valence-electron chi connectivity index (χ3n) is 9.71. The predicted octanol–water partition coefficient (Wildman–Crippen LogP) is 4.16. The minimum Gasteiger partial charge on any atom is -0.457 e. The predicted molar refractivity (Wildman–Crippen MR) is 187 cm³/mol. The smallest absolute Gasteiger partial charge is 0.410 e. The van der Waals surface area contributed by atoms with Gasteiger partial charge in [-0.2, -0.15) is 0 Å². The summed E-state index contributed by atoms with van der Waals surface area (Å²) in [4.78, 5) is 42.2. The van der Waals surface area contributed by atoms with Crippen LogP contribution < -0.4 is 0 Å². The average molecular weight is 695 g/mol. The second kappa shape index (κ2) is 18.5. The van der Waals surface area contributed by atoms with Crippen LogP contribution in [-0.4, -0.2) is 124 Å². The number of amides is 1. The maximum Gasteiger partial charge on any atom is 0.410 e. The lowest BCUT2D eigenvalue weighted by atomic mass is 9.88. The Bertz CT molecular complexity index is 1190. The van der Waals surface area contributed by atoms with Crippen molar-refractivity contribution in [2.24, 2.45) is 11.8 Å². The van der Waals surface area contributed by atoms with Gasteiger partial charge in [-0.05, 0) is 58.7 Å². The zero-order valence-corrected chi connectivity index (χ0v) is 30.0. The first-order valence-electron chi connectivity index (χ1n) is 17.3. The quantitative estimate of drug-likeness (QED) is 0.0991. The molecule has 0 aliphatic carbocycles. The molecule has 10 atom stereocenters. The Morgan fingerprint density at radius 3 is 2.47 bits per heavy atom. The van der Waals surface area contributed by atoms with Gasteiger partial charge in [0, 0.05) is 51.4 Å². The summed E-state index contributed by atoms with van der Waals surface area (Å²) in [5, 5.41) is 31.9. The number of rotatable bonds is 10. The summed E-state index contributed by atoms with van der Waals surface area (Å²) in [6, 6.07) is 0. The number of carbonyl (C=O) groups excluding carboxylic acids is 3. The van der Waals surface area contributed by atoms with Crippen LogP contribution in [-0.2, 0) is 28.5 Å². The van der Waals surface area contributed by atoms with Crippen LogP contribution in [0.15, 0.2) is 36.0 Å². The number of esters is 2. The number of carbonyl (C=O) groups is 3. The van der Waals surface area contributed by atoms with Crippen molar-refractivity contribution in [3.63, 3.8) is 0 Å². The monoisotopic (exact) mass is 694 g/mol. The van der Waals surface area contributed by atoms with Gasteiger partial charge >= 0.3 is 18.0 Å². The SMILES string of the molecule is C.CC[C@H](O)[C@@H](C)[C@H]1O[C@@H]1C[C@@](C)(O)/C=C/C=C(\C)[C@H]1OC(=O)C[C@H](O)CC[C@@](C)(OC(C)=O)[C@@H](OC(=O)N2CCN(C)CC2)/C=C/[C@@H]1C. The van der Waals surface area contributed by atoms with Crippen molar-refractivity contribution >= 4 is 18.0 Å². The molecule has 0 radical (unpaired) electrons. The Hall–Kier alpha value is -2.77. The Labute approximate surface area is 293 Å². The number of nitrogens with zero attached hydrogens (tertiary/aromatic N) is 2. The van der Waals surface area contributed by atoms with Gasteiger partial charge in [0.2, 0.25) is 0 Å². The lowest BCUT2D eigenvalue weighted by molar-refractivity contribution is -0.168. The van der Waals surface area contributed by atoms with Crippen LogP contribution in [0.3, 0.4) is 0 Å². The fourth-order valence-electron chi connectivity index (χ4n) is 6.40. The van der Waals surface area contributed by atoms with E-state index in [9.17, 15) is 29.7 Å². The van der Waals surface area contributed by atoms with E-state index in [0.717, 1.165) is 0 Å². The molecular formula is C37H62N2O10. The highest BCUT2D eigenvalue weighted by Crippen LogP contribution is 2.37. The van der Waals surface area contributed by atoms with Crippen molar-refractivity contribution < 1.29 is 48.7 Å². The normalized spacial score (nSPS) is 33.5. The summed E-state index contributed by atoms with van der Waals surface area (Å²) in [7, 11) is 1.99. The Balaban J connectivity index is 0.00000833. The van der Waals surface area contributed by atoms with Gasteiger partial charge in [0.25, 0.3) is 0 Å². The molecule has 280 valence electrons. The van der Waals surface area contributed by atoms with Gasteiger partial charge in [-0.15, -0.1) is 0 Å². The van der Waals surface area contributed by atoms with Crippen molar-refractivity contribution in [1.82, 2.24) is 9.80 Å². The van der Waals surface area contributed by atoms with Gasteiger partial charge in [-0.1, -0.05) is 52.5 Å². The van der Waals surface area contributed by atoms with Gasteiger partial charge in [0.05, 0.1) is 36.4 Å². The molecule has 0 saturated carbocycles. The van der Waals surface area contributed by atoms with E-state index >= 15 is 0 Å². The first-order chi connectivity index (χ1) is 22.4. The molecule has 1 amide bonds. The first kappa shape index (κ1) is 42.4. The van der Waals surface area contributed by atoms with E-state index in [1.807, 2.05) is 34.7 Å². The topological polar surface area (TPSA) is 159 Å². The highest BCUT2D eigenvalue weighted by Gasteiger charge is 2.47. The van der Waals surface area contributed by atoms with E-state index < -0.39 is 59.6 Å². The molecule has 0 unspecified atom stereocenters. The second-order valence-electron chi connectivity index (χ2n) is 14.4. The highest BCUT2D eigenvalue weighted by atomic mass is 16.6.